The van der Waals surface area contributed by atoms with Crippen LogP contribution in [0.2, 0.25) is 0 Å². The number of ether oxygens (including phenoxy) is 3. The zero-order valence-electron chi connectivity index (χ0n) is 46.0. The summed E-state index contributed by atoms with van der Waals surface area (Å²) in [6.07, 6.45) is -0.522. The Balaban J connectivity index is 0.900. The molecule has 3 amide bonds. The fraction of sp³-hybridized carbons (Fsp3) is 0.172. The molecule has 21 heteroatoms. The third-order valence-corrected chi connectivity index (χ3v) is 18.7. The summed E-state index contributed by atoms with van der Waals surface area (Å²) in [4.78, 5) is 87.4. The molecule has 1 fully saturated rings. The van der Waals surface area contributed by atoms with Crippen molar-refractivity contribution in [3.63, 3.8) is 0 Å². The molecule has 0 saturated carbocycles. The van der Waals surface area contributed by atoms with Gasteiger partial charge in [0.25, 0.3) is 11.8 Å². The summed E-state index contributed by atoms with van der Waals surface area (Å²) in [5.41, 5.74) is 11.2. The first kappa shape index (κ1) is 57.7. The minimum Gasteiger partial charge on any atom is -0.497 e. The predicted molar refractivity (Wildman–Crippen MR) is 328 cm³/mol. The number of methoxy groups -OCH3 is 1. The molecule has 3 atom stereocenters. The van der Waals surface area contributed by atoms with E-state index in [1.165, 1.54) is 62.6 Å². The number of hydrogen-bond donors (Lipinski definition) is 3. The van der Waals surface area contributed by atoms with Crippen molar-refractivity contribution in [2.45, 2.75) is 54.0 Å². The number of aryl methyl sites for hydroxylation is 1. The van der Waals surface area contributed by atoms with E-state index < -0.39 is 58.9 Å². The van der Waals surface area contributed by atoms with Gasteiger partial charge < -0.3 is 29.7 Å². The maximum atomic E-state index is 15.0. The lowest BCUT2D eigenvalue weighted by Crippen LogP contribution is -2.71. The number of carbonyl (C=O) groups excluding carboxylic acids is 5. The van der Waals surface area contributed by atoms with Crippen molar-refractivity contribution < 1.29 is 47.6 Å². The van der Waals surface area contributed by atoms with E-state index in [0.717, 1.165) is 32.5 Å². The number of fused-ring (bicyclic) bond motifs is 2. The number of primary amides is 1. The number of carbonyl (C=O) groups is 5. The van der Waals surface area contributed by atoms with E-state index in [2.05, 4.69) is 15.8 Å². The highest BCUT2D eigenvalue weighted by atomic mass is 32.2. The molecule has 0 bridgehead atoms. The van der Waals surface area contributed by atoms with Crippen LogP contribution >= 0.6 is 46.2 Å². The zero-order chi connectivity index (χ0) is 59.0. The first-order valence-electron chi connectivity index (χ1n) is 26.9. The third kappa shape index (κ3) is 12.3. The Hall–Kier alpha value is -9.15. The highest BCUT2D eigenvalue weighted by Crippen LogP contribution is 2.44. The molecule has 1 unspecified atom stereocenters. The molecule has 2 aliphatic heterocycles. The number of oxime groups is 1. The molecule has 6 aromatic carbocycles. The van der Waals surface area contributed by atoms with Crippen molar-refractivity contribution in [1.82, 2.24) is 20.2 Å². The number of amides is 3. The van der Waals surface area contributed by atoms with Gasteiger partial charge in [-0.15, -0.1) is 34.4 Å². The van der Waals surface area contributed by atoms with Crippen molar-refractivity contribution in [2.75, 3.05) is 23.9 Å². The number of nitrogens with one attached hydrogen (secondary N) is 2. The Labute approximate surface area is 505 Å². The fourth-order valence-corrected chi connectivity index (χ4v) is 14.3. The molecular formula is C64H55N8O9S4+. The first-order chi connectivity index (χ1) is 41.4. The summed E-state index contributed by atoms with van der Waals surface area (Å²) in [6.45, 7) is 3.14. The third-order valence-electron chi connectivity index (χ3n) is 14.3. The van der Waals surface area contributed by atoms with Crippen molar-refractivity contribution in [1.29, 1.82) is 0 Å². The van der Waals surface area contributed by atoms with Crippen LogP contribution in [-0.2, 0) is 45.6 Å². The number of benzene rings is 6. The van der Waals surface area contributed by atoms with Gasteiger partial charge in [0.1, 0.15) is 58.1 Å². The number of β-lactam (4-membered cyclic amide) rings is 1. The van der Waals surface area contributed by atoms with Gasteiger partial charge in [-0.1, -0.05) is 181 Å². The van der Waals surface area contributed by atoms with Gasteiger partial charge in [-0.05, 0) is 64.1 Å². The second kappa shape index (κ2) is 25.8. The normalized spacial score (nSPS) is 15.4. The molecule has 3 aromatic heterocycles. The van der Waals surface area contributed by atoms with Gasteiger partial charge in [-0.3, -0.25) is 20.2 Å². The fourth-order valence-electron chi connectivity index (χ4n) is 9.99. The van der Waals surface area contributed by atoms with Gasteiger partial charge in [0.15, 0.2) is 21.3 Å². The summed E-state index contributed by atoms with van der Waals surface area (Å²) >= 11 is 5.39. The number of hydrogen-bond acceptors (Lipinski definition) is 17. The molecule has 17 nitrogen and oxygen atoms in total. The number of nitrogens with zero attached hydrogens (tertiary/aromatic N) is 5. The van der Waals surface area contributed by atoms with E-state index in [1.54, 1.807) is 55.9 Å². The Kier molecular flexibility index (Phi) is 17.5. The van der Waals surface area contributed by atoms with Gasteiger partial charge in [-0.2, -0.15) is 9.36 Å². The molecule has 5 heterocycles. The second-order valence-electron chi connectivity index (χ2n) is 19.7. The molecule has 0 radical (unpaired) electrons. The predicted octanol–water partition coefficient (Wildman–Crippen LogP) is 10.3. The lowest BCUT2D eigenvalue weighted by molar-refractivity contribution is -0.575. The molecule has 0 aliphatic carbocycles. The summed E-state index contributed by atoms with van der Waals surface area (Å²) in [7, 11) is 1.56. The number of nitrogens with two attached hydrogens (primary N) is 1. The molecule has 428 valence electrons. The van der Waals surface area contributed by atoms with E-state index in [1.807, 2.05) is 152 Å². The number of rotatable bonds is 21. The van der Waals surface area contributed by atoms with Crippen LogP contribution < -0.4 is 25.7 Å². The van der Waals surface area contributed by atoms with E-state index >= 15 is 4.79 Å². The minimum atomic E-state index is -1.34. The van der Waals surface area contributed by atoms with Crippen LogP contribution in [0.1, 0.15) is 57.8 Å². The van der Waals surface area contributed by atoms with Crippen LogP contribution in [-0.4, -0.2) is 86.5 Å². The van der Waals surface area contributed by atoms with Crippen LogP contribution in [0.3, 0.4) is 0 Å². The van der Waals surface area contributed by atoms with Crippen LogP contribution in [0.25, 0.3) is 10.2 Å². The quantitative estimate of drug-likeness (QED) is 0.0116. The molecule has 2 aliphatic rings. The monoisotopic (exact) mass is 1210 g/mol. The van der Waals surface area contributed by atoms with Crippen molar-refractivity contribution >= 4 is 97.0 Å². The number of esters is 2. The maximum absolute atomic E-state index is 15.0. The van der Waals surface area contributed by atoms with Gasteiger partial charge in [0.2, 0.25) is 6.10 Å². The highest BCUT2D eigenvalue weighted by Gasteiger charge is 2.55. The van der Waals surface area contributed by atoms with Crippen molar-refractivity contribution in [3.05, 3.63) is 250 Å². The van der Waals surface area contributed by atoms with Crippen LogP contribution in [0.4, 0.5) is 9.93 Å². The van der Waals surface area contributed by atoms with Crippen molar-refractivity contribution in [3.8, 4) is 5.75 Å². The standard InChI is InChI=1S/C64H54N8O9S4/c1-39-51-50(33-34-71(39)61(65)77)85-63(68-51)84-37-44-36-82-58-53(57(74)72(58)54(44)60(76)79-35-41-29-31-48(78-3)32-30-41)67-56(73)52(70-81-40(2)59(75)80-55(42-19-9-4-10-20-42)43-21-11-5-12-22-43)49-38-83-62(66-49)69-64(45-23-13-6-14-24-45,46-25-15-7-16-26-46)47-27-17-8-18-28-47/h4-34,38,40,53,55,58H,35-37H2,1-3H3,(H3-,65,66,67,69,73,77)/p+1/b70-52-/t40-,53?,58-/m0/s1. The summed E-state index contributed by atoms with van der Waals surface area (Å²) in [5.74, 6) is -1.71. The largest absolute Gasteiger partial charge is 0.497 e. The number of thiazole rings is 2. The zero-order valence-corrected chi connectivity index (χ0v) is 49.3. The van der Waals surface area contributed by atoms with Crippen molar-refractivity contribution in [2.24, 2.45) is 10.9 Å². The average molecular weight is 1210 g/mol. The lowest BCUT2D eigenvalue weighted by atomic mass is 9.77. The Bertz CT molecular complexity index is 3830. The molecule has 85 heavy (non-hydrogen) atoms. The molecule has 4 N–H and O–H groups in total. The Morgan fingerprint density at radius 3 is 1.98 bits per heavy atom. The number of thioether (sulfide) groups is 2. The molecule has 9 aromatic rings. The van der Waals surface area contributed by atoms with Gasteiger partial charge in [0.05, 0.1) is 11.8 Å². The number of pyridine rings is 1. The van der Waals surface area contributed by atoms with Gasteiger partial charge in [0, 0.05) is 23.8 Å². The van der Waals surface area contributed by atoms with Gasteiger partial charge >= 0.3 is 18.0 Å². The van der Waals surface area contributed by atoms with E-state index in [-0.39, 0.29) is 35.2 Å². The molecular weight excluding hydrogens is 1150 g/mol. The van der Waals surface area contributed by atoms with E-state index in [4.69, 9.17) is 34.7 Å². The maximum Gasteiger partial charge on any atom is 0.493 e. The van der Waals surface area contributed by atoms with E-state index in [0.29, 0.717) is 37.6 Å². The number of anilines is 1. The Morgan fingerprint density at radius 1 is 0.812 bits per heavy atom. The van der Waals surface area contributed by atoms with E-state index in [9.17, 15) is 19.2 Å². The summed E-state index contributed by atoms with van der Waals surface area (Å²) < 4.78 is 20.2. The topological polar surface area (TPSA) is 218 Å². The SMILES string of the molecule is COc1ccc(COC(=O)C2=C(CSc3nc4c(C)[n+](C(N)=O)ccc4s3)CS[C@H]3C(NC(=O)/C(=N\O[C@@H](C)C(=O)OC(c4ccccc4)c4ccccc4)c4csc(NC(c5ccccc5)(c5ccccc5)c5ccccc5)n4)C(=O)N23)cc1. The highest BCUT2D eigenvalue weighted by molar-refractivity contribution is 8.02. The summed E-state index contributed by atoms with van der Waals surface area (Å²) in [6, 6.07) is 55.5. The first-order valence-corrected chi connectivity index (χ1v) is 30.6. The van der Waals surface area contributed by atoms with Crippen LogP contribution in [0, 0.1) is 6.92 Å². The number of aromatic nitrogens is 3. The molecule has 0 spiro atoms. The Morgan fingerprint density at radius 2 is 1.40 bits per heavy atom. The van der Waals surface area contributed by atoms with Crippen LogP contribution in [0.5, 0.6) is 5.75 Å². The smallest absolute Gasteiger partial charge is 0.493 e. The lowest BCUT2D eigenvalue weighted by Gasteiger charge is -2.49. The molecule has 11 rings (SSSR count). The summed E-state index contributed by atoms with van der Waals surface area (Å²) in [5, 5.41) is 12.3. The minimum absolute atomic E-state index is 0.0620. The second-order valence-corrected chi connectivity index (χ2v) is 23.9. The average Bonchev–Trinajstić information content (AvgIpc) is 1.93. The molecule has 1 saturated heterocycles. The van der Waals surface area contributed by atoms with Crippen LogP contribution in [0.15, 0.2) is 214 Å². The van der Waals surface area contributed by atoms with Gasteiger partial charge in [-0.25, -0.2) is 19.6 Å².